The quantitative estimate of drug-likeness (QED) is 0.707. The molecular weight excluding hydrogens is 317 g/mol. The number of nitrogens with zero attached hydrogens (tertiary/aromatic N) is 3. The highest BCUT2D eigenvalue weighted by atomic mass is 35.5. The van der Waals surface area contributed by atoms with Crippen molar-refractivity contribution in [2.24, 2.45) is 0 Å². The standard InChI is InChI=1S/C17H13Cl2N3/c18-15-14(8-9-20)22-11-10-21-13(17(22)16(15)19)7-6-12-4-2-1-3-5-12/h1-5,10-11H,6-8H2. The smallest absolute Gasteiger partial charge is 0.0874 e. The zero-order valence-corrected chi connectivity index (χ0v) is 13.3. The van der Waals surface area contributed by atoms with E-state index >= 15 is 0 Å². The molecule has 5 heteroatoms. The molecule has 0 atom stereocenters. The minimum Gasteiger partial charge on any atom is -0.314 e. The van der Waals surface area contributed by atoms with Crippen LogP contribution in [0.25, 0.3) is 5.52 Å². The third-order valence-electron chi connectivity index (χ3n) is 3.64. The Kier molecular flexibility index (Phi) is 4.33. The van der Waals surface area contributed by atoms with Crippen LogP contribution in [0.5, 0.6) is 0 Å². The van der Waals surface area contributed by atoms with E-state index in [0.29, 0.717) is 15.7 Å². The van der Waals surface area contributed by atoms with Crippen molar-refractivity contribution in [1.82, 2.24) is 9.38 Å². The van der Waals surface area contributed by atoms with Crippen LogP contribution in [0.3, 0.4) is 0 Å². The number of aromatic nitrogens is 2. The maximum atomic E-state index is 8.95. The Morgan fingerprint density at radius 2 is 1.86 bits per heavy atom. The fourth-order valence-electron chi connectivity index (χ4n) is 2.59. The third kappa shape index (κ3) is 2.68. The van der Waals surface area contributed by atoms with E-state index in [0.717, 1.165) is 24.1 Å². The Morgan fingerprint density at radius 3 is 2.59 bits per heavy atom. The van der Waals surface area contributed by atoms with Gasteiger partial charge >= 0.3 is 0 Å². The van der Waals surface area contributed by atoms with Gasteiger partial charge in [0.1, 0.15) is 0 Å². The lowest BCUT2D eigenvalue weighted by molar-refractivity contribution is 0.900. The summed E-state index contributed by atoms with van der Waals surface area (Å²) in [5.74, 6) is 0. The summed E-state index contributed by atoms with van der Waals surface area (Å²) in [4.78, 5) is 4.45. The van der Waals surface area contributed by atoms with E-state index in [1.807, 2.05) is 22.6 Å². The predicted molar refractivity (Wildman–Crippen MR) is 88.4 cm³/mol. The monoisotopic (exact) mass is 329 g/mol. The van der Waals surface area contributed by atoms with Crippen molar-refractivity contribution in [2.75, 3.05) is 0 Å². The van der Waals surface area contributed by atoms with Crippen molar-refractivity contribution in [2.45, 2.75) is 19.3 Å². The van der Waals surface area contributed by atoms with Gasteiger partial charge in [0, 0.05) is 12.4 Å². The number of aryl methyl sites for hydroxylation is 2. The van der Waals surface area contributed by atoms with E-state index in [4.69, 9.17) is 28.5 Å². The lowest BCUT2D eigenvalue weighted by Crippen LogP contribution is -2.00. The van der Waals surface area contributed by atoms with Crippen molar-refractivity contribution >= 4 is 28.7 Å². The Balaban J connectivity index is 2.00. The molecule has 0 amide bonds. The minimum atomic E-state index is 0.217. The van der Waals surface area contributed by atoms with E-state index in [2.05, 4.69) is 23.2 Å². The molecule has 2 aromatic heterocycles. The van der Waals surface area contributed by atoms with Gasteiger partial charge in [0.25, 0.3) is 0 Å². The minimum absolute atomic E-state index is 0.217. The van der Waals surface area contributed by atoms with E-state index in [1.54, 1.807) is 12.4 Å². The summed E-state index contributed by atoms with van der Waals surface area (Å²) in [6.45, 7) is 0. The number of fused-ring (bicyclic) bond motifs is 1. The molecule has 0 radical (unpaired) electrons. The molecule has 1 aromatic carbocycles. The number of hydrogen-bond acceptors (Lipinski definition) is 2. The summed E-state index contributed by atoms with van der Waals surface area (Å²) < 4.78 is 1.88. The maximum absolute atomic E-state index is 8.95. The van der Waals surface area contributed by atoms with Gasteiger partial charge in [-0.25, -0.2) is 0 Å². The summed E-state index contributed by atoms with van der Waals surface area (Å²) in [6, 6.07) is 12.4. The van der Waals surface area contributed by atoms with Crippen molar-refractivity contribution < 1.29 is 0 Å². The van der Waals surface area contributed by atoms with Crippen LogP contribution in [-0.2, 0) is 19.3 Å². The van der Waals surface area contributed by atoms with Crippen LogP contribution in [0.4, 0.5) is 0 Å². The summed E-state index contributed by atoms with van der Waals surface area (Å²) in [5.41, 5.74) is 3.66. The number of halogens is 2. The van der Waals surface area contributed by atoms with Gasteiger partial charge in [-0.15, -0.1) is 0 Å². The predicted octanol–water partition coefficient (Wildman–Crippen LogP) is 4.49. The van der Waals surface area contributed by atoms with Crippen LogP contribution in [-0.4, -0.2) is 9.38 Å². The first-order valence-electron chi connectivity index (χ1n) is 6.95. The molecule has 2 heterocycles. The molecule has 0 saturated heterocycles. The summed E-state index contributed by atoms with van der Waals surface area (Å²) >= 11 is 12.6. The van der Waals surface area contributed by atoms with Crippen molar-refractivity contribution in [3.63, 3.8) is 0 Å². The summed E-state index contributed by atoms with van der Waals surface area (Å²) in [7, 11) is 0. The topological polar surface area (TPSA) is 41.1 Å². The van der Waals surface area contributed by atoms with Crippen LogP contribution >= 0.6 is 23.2 Å². The van der Waals surface area contributed by atoms with E-state index in [9.17, 15) is 0 Å². The Labute approximate surface area is 138 Å². The van der Waals surface area contributed by atoms with Gasteiger partial charge in [-0.05, 0) is 18.4 Å². The second-order valence-corrected chi connectivity index (χ2v) is 5.74. The highest BCUT2D eigenvalue weighted by Crippen LogP contribution is 2.34. The first kappa shape index (κ1) is 14.9. The lowest BCUT2D eigenvalue weighted by atomic mass is 10.1. The molecule has 0 unspecified atom stereocenters. The van der Waals surface area contributed by atoms with Crippen molar-refractivity contribution in [1.29, 1.82) is 5.26 Å². The van der Waals surface area contributed by atoms with Gasteiger partial charge in [-0.1, -0.05) is 53.5 Å². The van der Waals surface area contributed by atoms with Gasteiger partial charge in [-0.3, -0.25) is 4.98 Å². The van der Waals surface area contributed by atoms with Gasteiger partial charge in [0.2, 0.25) is 0 Å². The third-order valence-corrected chi connectivity index (χ3v) is 4.52. The van der Waals surface area contributed by atoms with E-state index < -0.39 is 0 Å². The molecule has 0 bridgehead atoms. The van der Waals surface area contributed by atoms with Gasteiger partial charge in [0.15, 0.2) is 0 Å². The average molecular weight is 330 g/mol. The lowest BCUT2D eigenvalue weighted by Gasteiger charge is -2.06. The largest absolute Gasteiger partial charge is 0.314 e. The van der Waals surface area contributed by atoms with Gasteiger partial charge in [0.05, 0.1) is 39.4 Å². The van der Waals surface area contributed by atoms with Crippen LogP contribution in [0.2, 0.25) is 10.0 Å². The second kappa shape index (κ2) is 6.39. The molecule has 3 rings (SSSR count). The molecule has 22 heavy (non-hydrogen) atoms. The molecule has 3 nitrogen and oxygen atoms in total. The number of hydrogen-bond donors (Lipinski definition) is 0. The Bertz CT molecular complexity index is 848. The van der Waals surface area contributed by atoms with Crippen LogP contribution in [0.15, 0.2) is 42.7 Å². The Hall–Kier alpha value is -2.02. The molecule has 0 spiro atoms. The number of benzene rings is 1. The fraction of sp³-hybridized carbons (Fsp3) is 0.176. The highest BCUT2D eigenvalue weighted by molar-refractivity contribution is 6.45. The molecule has 0 N–H and O–H groups in total. The second-order valence-electron chi connectivity index (χ2n) is 4.99. The first-order valence-corrected chi connectivity index (χ1v) is 7.70. The first-order chi connectivity index (χ1) is 10.7. The maximum Gasteiger partial charge on any atom is 0.0874 e. The van der Waals surface area contributed by atoms with Crippen LogP contribution in [0.1, 0.15) is 17.0 Å². The van der Waals surface area contributed by atoms with Crippen molar-refractivity contribution in [3.8, 4) is 6.07 Å². The molecule has 3 aromatic rings. The zero-order chi connectivity index (χ0) is 15.5. The van der Waals surface area contributed by atoms with Gasteiger partial charge < -0.3 is 4.40 Å². The van der Waals surface area contributed by atoms with E-state index in [1.165, 1.54) is 5.56 Å². The SMILES string of the molecule is N#CCc1c(Cl)c(Cl)c2c(CCc3ccccc3)nccn12. The molecule has 0 aliphatic heterocycles. The molecule has 0 aliphatic rings. The summed E-state index contributed by atoms with van der Waals surface area (Å²) in [6.07, 6.45) is 5.38. The molecular formula is C17H13Cl2N3. The normalized spacial score (nSPS) is 10.8. The number of rotatable bonds is 4. The summed E-state index contributed by atoms with van der Waals surface area (Å²) in [5, 5.41) is 9.87. The fourth-order valence-corrected chi connectivity index (χ4v) is 3.14. The molecule has 0 fully saturated rings. The van der Waals surface area contributed by atoms with Crippen molar-refractivity contribution in [3.05, 3.63) is 69.7 Å². The highest BCUT2D eigenvalue weighted by Gasteiger charge is 2.18. The molecule has 110 valence electrons. The Morgan fingerprint density at radius 1 is 1.09 bits per heavy atom. The molecule has 0 aliphatic carbocycles. The van der Waals surface area contributed by atoms with Gasteiger partial charge in [-0.2, -0.15) is 5.26 Å². The van der Waals surface area contributed by atoms with Crippen LogP contribution in [0, 0.1) is 11.3 Å². The average Bonchev–Trinajstić information content (AvgIpc) is 2.80. The zero-order valence-electron chi connectivity index (χ0n) is 11.8. The van der Waals surface area contributed by atoms with E-state index in [-0.39, 0.29) is 6.42 Å². The number of nitriles is 1. The van der Waals surface area contributed by atoms with Crippen LogP contribution < -0.4 is 0 Å². The molecule has 0 saturated carbocycles.